The number of halogens is 1. The van der Waals surface area contributed by atoms with Crippen molar-refractivity contribution >= 4 is 0 Å². The molecule has 2 nitrogen and oxygen atoms in total. The van der Waals surface area contributed by atoms with E-state index in [1.54, 1.807) is 0 Å². The van der Waals surface area contributed by atoms with Crippen molar-refractivity contribution in [1.82, 2.24) is 4.98 Å². The van der Waals surface area contributed by atoms with Gasteiger partial charge in [-0.15, -0.1) is 0 Å². The average Bonchev–Trinajstić information content (AvgIpc) is 2.87. The molecule has 2 rings (SSSR count). The molecule has 1 saturated carbocycles. The molecule has 12 heavy (non-hydrogen) atoms. The molecule has 0 spiro atoms. The van der Waals surface area contributed by atoms with Crippen LogP contribution in [0.2, 0.25) is 0 Å². The maximum atomic E-state index is 13.2. The summed E-state index contributed by atoms with van der Waals surface area (Å²) in [7, 11) is 0. The van der Waals surface area contributed by atoms with Crippen LogP contribution in [0, 0.1) is 5.82 Å². The zero-order valence-electron chi connectivity index (χ0n) is 6.76. The summed E-state index contributed by atoms with van der Waals surface area (Å²) < 4.78 is 13.2. The molecule has 1 aliphatic carbocycles. The van der Waals surface area contributed by atoms with Gasteiger partial charge >= 0.3 is 0 Å². The van der Waals surface area contributed by atoms with Crippen molar-refractivity contribution in [2.24, 2.45) is 5.73 Å². The van der Waals surface area contributed by atoms with Gasteiger partial charge in [0.05, 0.1) is 5.69 Å². The van der Waals surface area contributed by atoms with Crippen molar-refractivity contribution in [1.29, 1.82) is 0 Å². The minimum absolute atomic E-state index is 0.145. The highest BCUT2D eigenvalue weighted by molar-refractivity contribution is 5.29. The van der Waals surface area contributed by atoms with E-state index in [2.05, 4.69) is 4.98 Å². The van der Waals surface area contributed by atoms with E-state index in [0.717, 1.165) is 24.1 Å². The van der Waals surface area contributed by atoms with E-state index >= 15 is 0 Å². The first-order valence-electron chi connectivity index (χ1n) is 4.16. The van der Waals surface area contributed by atoms with Gasteiger partial charge in [-0.2, -0.15) is 0 Å². The Hall–Kier alpha value is -0.960. The molecule has 0 amide bonds. The number of hydrogen-bond acceptors (Lipinski definition) is 2. The van der Waals surface area contributed by atoms with E-state index in [9.17, 15) is 4.39 Å². The minimum Gasteiger partial charge on any atom is -0.325 e. The lowest BCUT2D eigenvalue weighted by Crippen LogP contribution is -2.05. The van der Waals surface area contributed by atoms with Crippen LogP contribution in [0.15, 0.2) is 12.3 Å². The van der Waals surface area contributed by atoms with Crippen LogP contribution in [0.25, 0.3) is 0 Å². The predicted molar refractivity (Wildman–Crippen MR) is 44.1 cm³/mol. The minimum atomic E-state index is -0.145. The number of nitrogens with zero attached hydrogens (tertiary/aromatic N) is 1. The molecule has 0 aliphatic heterocycles. The van der Waals surface area contributed by atoms with Crippen LogP contribution < -0.4 is 5.73 Å². The Morgan fingerprint density at radius 3 is 2.92 bits per heavy atom. The Morgan fingerprint density at radius 2 is 2.33 bits per heavy atom. The molecule has 3 heteroatoms. The lowest BCUT2D eigenvalue weighted by Gasteiger charge is -2.05. The summed E-state index contributed by atoms with van der Waals surface area (Å²) in [4.78, 5) is 4.05. The lowest BCUT2D eigenvalue weighted by atomic mass is 10.1. The number of aromatic nitrogens is 1. The summed E-state index contributed by atoms with van der Waals surface area (Å²) in [5.41, 5.74) is 6.93. The summed E-state index contributed by atoms with van der Waals surface area (Å²) in [6.07, 6.45) is 3.63. The quantitative estimate of drug-likeness (QED) is 0.724. The molecular weight excluding hydrogens is 155 g/mol. The number of nitrogens with two attached hydrogens (primary N) is 1. The lowest BCUT2D eigenvalue weighted by molar-refractivity contribution is 0.602. The van der Waals surface area contributed by atoms with Crippen LogP contribution in [0.3, 0.4) is 0 Å². The first kappa shape index (κ1) is 7.68. The Bertz CT molecular complexity index is 295. The van der Waals surface area contributed by atoms with Crippen LogP contribution in [-0.2, 0) is 6.54 Å². The molecule has 0 aromatic carbocycles. The van der Waals surface area contributed by atoms with Crippen LogP contribution in [-0.4, -0.2) is 4.98 Å². The van der Waals surface area contributed by atoms with Gasteiger partial charge in [-0.05, 0) is 24.8 Å². The number of hydrogen-bond donors (Lipinski definition) is 1. The third kappa shape index (κ3) is 1.20. The second-order valence-electron chi connectivity index (χ2n) is 3.13. The molecule has 0 bridgehead atoms. The van der Waals surface area contributed by atoms with Gasteiger partial charge < -0.3 is 5.73 Å². The first-order chi connectivity index (χ1) is 5.83. The van der Waals surface area contributed by atoms with Gasteiger partial charge in [0.25, 0.3) is 0 Å². The maximum Gasteiger partial charge on any atom is 0.130 e. The average molecular weight is 166 g/mol. The Labute approximate surface area is 70.6 Å². The zero-order valence-corrected chi connectivity index (χ0v) is 6.76. The maximum absolute atomic E-state index is 13.2. The zero-order chi connectivity index (χ0) is 8.55. The Balaban J connectivity index is 2.45. The monoisotopic (exact) mass is 166 g/mol. The fourth-order valence-corrected chi connectivity index (χ4v) is 1.46. The molecule has 0 unspecified atom stereocenters. The van der Waals surface area contributed by atoms with Crippen molar-refractivity contribution in [3.8, 4) is 0 Å². The fourth-order valence-electron chi connectivity index (χ4n) is 1.46. The van der Waals surface area contributed by atoms with Crippen LogP contribution in [0.5, 0.6) is 0 Å². The van der Waals surface area contributed by atoms with Gasteiger partial charge in [0.15, 0.2) is 0 Å². The third-order valence-electron chi connectivity index (χ3n) is 2.20. The first-order valence-corrected chi connectivity index (χ1v) is 4.16. The van der Waals surface area contributed by atoms with Crippen molar-refractivity contribution in [3.05, 3.63) is 29.3 Å². The summed E-state index contributed by atoms with van der Waals surface area (Å²) in [6.45, 7) is 0.337. The van der Waals surface area contributed by atoms with Gasteiger partial charge in [-0.25, -0.2) is 4.39 Å². The smallest absolute Gasteiger partial charge is 0.130 e. The van der Waals surface area contributed by atoms with Crippen molar-refractivity contribution in [2.75, 3.05) is 0 Å². The third-order valence-corrected chi connectivity index (χ3v) is 2.20. The van der Waals surface area contributed by atoms with Gasteiger partial charge in [0, 0.05) is 18.3 Å². The largest absolute Gasteiger partial charge is 0.325 e. The van der Waals surface area contributed by atoms with Crippen molar-refractivity contribution < 1.29 is 4.39 Å². The second kappa shape index (κ2) is 2.83. The molecule has 1 aromatic heterocycles. The fraction of sp³-hybridized carbons (Fsp3) is 0.444. The van der Waals surface area contributed by atoms with Gasteiger partial charge in [-0.3, -0.25) is 4.98 Å². The molecule has 1 fully saturated rings. The SMILES string of the molecule is NCc1nccc(F)c1C1CC1. The summed E-state index contributed by atoms with van der Waals surface area (Å²) >= 11 is 0. The summed E-state index contributed by atoms with van der Waals surface area (Å²) in [6, 6.07) is 1.41. The van der Waals surface area contributed by atoms with Crippen molar-refractivity contribution in [3.63, 3.8) is 0 Å². The van der Waals surface area contributed by atoms with E-state index in [0.29, 0.717) is 12.5 Å². The van der Waals surface area contributed by atoms with Gasteiger partial charge in [-0.1, -0.05) is 0 Å². The van der Waals surface area contributed by atoms with E-state index < -0.39 is 0 Å². The summed E-state index contributed by atoms with van der Waals surface area (Å²) in [5, 5.41) is 0. The molecule has 1 aliphatic rings. The number of rotatable bonds is 2. The molecule has 1 aromatic rings. The van der Waals surface area contributed by atoms with Gasteiger partial charge in [0.1, 0.15) is 5.82 Å². The molecule has 2 N–H and O–H groups in total. The van der Waals surface area contributed by atoms with Crippen LogP contribution >= 0.6 is 0 Å². The predicted octanol–water partition coefficient (Wildman–Crippen LogP) is 1.56. The van der Waals surface area contributed by atoms with Gasteiger partial charge in [0.2, 0.25) is 0 Å². The summed E-state index contributed by atoms with van der Waals surface area (Å²) in [5.74, 6) is 0.241. The number of pyridine rings is 1. The molecular formula is C9H11FN2. The Morgan fingerprint density at radius 1 is 1.58 bits per heavy atom. The van der Waals surface area contributed by atoms with E-state index in [1.807, 2.05) is 0 Å². The second-order valence-corrected chi connectivity index (χ2v) is 3.13. The van der Waals surface area contributed by atoms with E-state index in [-0.39, 0.29) is 5.82 Å². The standard InChI is InChI=1S/C9H11FN2/c10-7-3-4-12-8(5-11)9(7)6-1-2-6/h3-4,6H,1-2,5,11H2. The van der Waals surface area contributed by atoms with Crippen LogP contribution in [0.1, 0.15) is 30.0 Å². The highest BCUT2D eigenvalue weighted by Gasteiger charge is 2.29. The molecule has 0 saturated heterocycles. The van der Waals surface area contributed by atoms with E-state index in [4.69, 9.17) is 5.73 Å². The highest BCUT2D eigenvalue weighted by Crippen LogP contribution is 2.42. The topological polar surface area (TPSA) is 38.9 Å². The Kier molecular flexibility index (Phi) is 1.81. The van der Waals surface area contributed by atoms with Crippen LogP contribution in [0.4, 0.5) is 4.39 Å². The molecule has 0 radical (unpaired) electrons. The normalized spacial score (nSPS) is 16.5. The van der Waals surface area contributed by atoms with E-state index in [1.165, 1.54) is 12.3 Å². The van der Waals surface area contributed by atoms with Crippen molar-refractivity contribution in [2.45, 2.75) is 25.3 Å². The molecule has 1 heterocycles. The molecule has 64 valence electrons. The molecule has 0 atom stereocenters. The highest BCUT2D eigenvalue weighted by atomic mass is 19.1.